The lowest BCUT2D eigenvalue weighted by Crippen LogP contribution is -2.33. The van der Waals surface area contributed by atoms with Crippen LogP contribution in [0.2, 0.25) is 5.02 Å². The highest BCUT2D eigenvalue weighted by Gasteiger charge is 2.36. The van der Waals surface area contributed by atoms with Gasteiger partial charge in [-0.2, -0.15) is 8.42 Å². The maximum atomic E-state index is 15.0. The number of nitrogens with one attached hydrogen (secondary N) is 4. The van der Waals surface area contributed by atoms with Gasteiger partial charge in [-0.15, -0.1) is 0 Å². The van der Waals surface area contributed by atoms with Crippen LogP contribution >= 0.6 is 34.2 Å². The number of nitrogens with zero attached hydrogens (tertiary/aromatic N) is 1. The van der Waals surface area contributed by atoms with Gasteiger partial charge in [0.05, 0.1) is 16.9 Å². The molecule has 3 aromatic rings. The topological polar surface area (TPSA) is 131 Å². The van der Waals surface area contributed by atoms with Crippen LogP contribution in [-0.2, 0) is 16.6 Å². The molecule has 1 aromatic heterocycles. The number of hydrogen-bond acceptors (Lipinski definition) is 6. The normalized spacial score (nSPS) is 15.0. The van der Waals surface area contributed by atoms with Gasteiger partial charge in [-0.3, -0.25) is 18.9 Å². The Morgan fingerprint density at radius 2 is 1.90 bits per heavy atom. The molecular weight excluding hydrogens is 688 g/mol. The number of ether oxygens (including phenoxy) is 1. The maximum absolute atomic E-state index is 15.0. The third-order valence-corrected chi connectivity index (χ3v) is 8.82. The number of amides is 1. The first-order valence-electron chi connectivity index (χ1n) is 13.0. The van der Waals surface area contributed by atoms with E-state index in [4.69, 9.17) is 16.3 Å². The van der Waals surface area contributed by atoms with Crippen molar-refractivity contribution in [2.24, 2.45) is 0 Å². The van der Waals surface area contributed by atoms with E-state index >= 15 is 4.39 Å². The van der Waals surface area contributed by atoms with Crippen molar-refractivity contribution in [3.63, 3.8) is 0 Å². The minimum atomic E-state index is -3.89. The monoisotopic (exact) mass is 715 g/mol. The highest BCUT2D eigenvalue weighted by Crippen LogP contribution is 2.44. The van der Waals surface area contributed by atoms with Crippen LogP contribution in [0.5, 0.6) is 11.5 Å². The number of hydrogen-bond donors (Lipinski definition) is 4. The Labute approximate surface area is 255 Å². The second-order valence-corrected chi connectivity index (χ2v) is 13.1. The third kappa shape index (κ3) is 6.47. The summed E-state index contributed by atoms with van der Waals surface area (Å²) in [5, 5.41) is 5.92. The molecule has 0 unspecified atom stereocenters. The van der Waals surface area contributed by atoms with Gasteiger partial charge < -0.3 is 15.4 Å². The number of halogens is 3. The van der Waals surface area contributed by atoms with Crippen molar-refractivity contribution in [3.8, 4) is 11.5 Å². The lowest BCUT2D eigenvalue weighted by atomic mass is 10.1. The van der Waals surface area contributed by atoms with Crippen molar-refractivity contribution in [2.75, 3.05) is 17.1 Å². The Bertz CT molecular complexity index is 1690. The molecular formula is C27H28ClFIN5O5S. The zero-order valence-corrected chi connectivity index (χ0v) is 25.9. The van der Waals surface area contributed by atoms with Gasteiger partial charge in [0.15, 0.2) is 5.75 Å². The number of aromatic nitrogens is 1. The minimum absolute atomic E-state index is 0.0208. The number of rotatable bonds is 11. The first-order chi connectivity index (χ1) is 19.5. The molecule has 1 amide bonds. The van der Waals surface area contributed by atoms with Gasteiger partial charge in [0, 0.05) is 22.7 Å². The van der Waals surface area contributed by atoms with E-state index in [0.717, 1.165) is 25.7 Å². The SMILES string of the molecule is CCc1c(Oc2cccc(NS(=O)(=O)NC)c2Cl)c(C(=O)NC2CC2)c(Nc2ccc(I)cc2F)n(C2CC2)c1=O. The Morgan fingerprint density at radius 3 is 2.51 bits per heavy atom. The lowest BCUT2D eigenvalue weighted by molar-refractivity contribution is 0.0948. The number of pyridine rings is 1. The van der Waals surface area contributed by atoms with E-state index in [1.807, 2.05) is 22.6 Å². The van der Waals surface area contributed by atoms with Crippen LogP contribution in [0.4, 0.5) is 21.6 Å². The Morgan fingerprint density at radius 1 is 1.17 bits per heavy atom. The number of anilines is 3. The van der Waals surface area contributed by atoms with Crippen molar-refractivity contribution < 1.29 is 22.3 Å². The standard InChI is InChI=1S/C27H28ClFIN5O5S/c1-3-17-24(40-21-6-4-5-20(23(21)28)34-41(38,39)31-2)22(26(36)32-15-8-9-15)25(35(27(17)37)16-10-11-16)33-19-12-7-14(30)13-18(19)29/h4-7,12-13,15-16,31,33-34H,3,8-11H2,1-2H3,(H,32,36). The van der Waals surface area contributed by atoms with Gasteiger partial charge in [0.2, 0.25) is 0 Å². The smallest absolute Gasteiger partial charge is 0.298 e. The molecule has 4 N–H and O–H groups in total. The van der Waals surface area contributed by atoms with Gasteiger partial charge in [0.1, 0.15) is 28.0 Å². The zero-order valence-electron chi connectivity index (χ0n) is 22.2. The minimum Gasteiger partial charge on any atom is -0.454 e. The molecule has 0 spiro atoms. The average molecular weight is 716 g/mol. The molecule has 2 aliphatic carbocycles. The second kappa shape index (κ2) is 11.8. The molecule has 0 radical (unpaired) electrons. The average Bonchev–Trinajstić information content (AvgIpc) is 3.85. The third-order valence-electron chi connectivity index (χ3n) is 6.73. The van der Waals surface area contributed by atoms with E-state index in [0.29, 0.717) is 3.57 Å². The van der Waals surface area contributed by atoms with E-state index in [9.17, 15) is 18.0 Å². The molecule has 0 bridgehead atoms. The number of benzene rings is 2. The fourth-order valence-electron chi connectivity index (χ4n) is 4.34. The van der Waals surface area contributed by atoms with Crippen molar-refractivity contribution in [2.45, 2.75) is 51.1 Å². The first kappa shape index (κ1) is 29.6. The zero-order chi connectivity index (χ0) is 29.5. The Balaban J connectivity index is 1.71. The van der Waals surface area contributed by atoms with Crippen molar-refractivity contribution in [3.05, 3.63) is 72.3 Å². The summed E-state index contributed by atoms with van der Waals surface area (Å²) in [7, 11) is -2.65. The Kier molecular flexibility index (Phi) is 8.51. The molecule has 2 fully saturated rings. The fourth-order valence-corrected chi connectivity index (χ4v) is 5.62. The molecule has 2 aromatic carbocycles. The van der Waals surface area contributed by atoms with Crippen LogP contribution < -0.4 is 30.4 Å². The van der Waals surface area contributed by atoms with Gasteiger partial charge in [0.25, 0.3) is 21.7 Å². The van der Waals surface area contributed by atoms with Crippen LogP contribution in [0.15, 0.2) is 41.2 Å². The number of carbonyl (C=O) groups excluding carboxylic acids is 1. The summed E-state index contributed by atoms with van der Waals surface area (Å²) in [6.07, 6.45) is 3.33. The Hall–Kier alpha value is -2.88. The van der Waals surface area contributed by atoms with E-state index in [2.05, 4.69) is 20.1 Å². The van der Waals surface area contributed by atoms with Gasteiger partial charge in [-0.1, -0.05) is 24.6 Å². The summed E-state index contributed by atoms with van der Waals surface area (Å²) in [4.78, 5) is 27.7. The highest BCUT2D eigenvalue weighted by atomic mass is 127. The molecule has 2 saturated carbocycles. The molecule has 0 saturated heterocycles. The molecule has 5 rings (SSSR count). The van der Waals surface area contributed by atoms with Crippen molar-refractivity contribution >= 4 is 67.5 Å². The largest absolute Gasteiger partial charge is 0.454 e. The molecule has 41 heavy (non-hydrogen) atoms. The van der Waals surface area contributed by atoms with Crippen molar-refractivity contribution in [1.29, 1.82) is 0 Å². The van der Waals surface area contributed by atoms with Crippen LogP contribution in [0.1, 0.15) is 54.6 Å². The summed E-state index contributed by atoms with van der Waals surface area (Å²) in [6, 6.07) is 8.90. The van der Waals surface area contributed by atoms with Crippen LogP contribution in [0.25, 0.3) is 0 Å². The van der Waals surface area contributed by atoms with Crippen molar-refractivity contribution in [1.82, 2.24) is 14.6 Å². The van der Waals surface area contributed by atoms with Crippen LogP contribution in [0.3, 0.4) is 0 Å². The molecule has 10 nitrogen and oxygen atoms in total. The predicted octanol–water partition coefficient (Wildman–Crippen LogP) is 5.45. The molecule has 1 heterocycles. The van der Waals surface area contributed by atoms with Crippen LogP contribution in [-0.4, -0.2) is 32.0 Å². The van der Waals surface area contributed by atoms with E-state index in [1.54, 1.807) is 19.1 Å². The summed E-state index contributed by atoms with van der Waals surface area (Å²) in [5.41, 5.74) is 0.0337. The quantitative estimate of drug-likeness (QED) is 0.196. The van der Waals surface area contributed by atoms with Gasteiger partial charge in [-0.25, -0.2) is 9.11 Å². The fraction of sp³-hybridized carbons (Fsp3) is 0.333. The van der Waals surface area contributed by atoms with Gasteiger partial charge in [-0.05, 0) is 85.0 Å². The van der Waals surface area contributed by atoms with E-state index in [-0.39, 0.29) is 68.9 Å². The molecule has 218 valence electrons. The molecule has 2 aliphatic rings. The van der Waals surface area contributed by atoms with Crippen LogP contribution in [0, 0.1) is 9.39 Å². The molecule has 0 aliphatic heterocycles. The van der Waals surface area contributed by atoms with E-state index in [1.165, 1.54) is 35.9 Å². The molecule has 14 heteroatoms. The second-order valence-electron chi connectivity index (χ2n) is 9.82. The van der Waals surface area contributed by atoms with Gasteiger partial charge >= 0.3 is 0 Å². The summed E-state index contributed by atoms with van der Waals surface area (Å²) < 4.78 is 52.1. The maximum Gasteiger partial charge on any atom is 0.298 e. The van der Waals surface area contributed by atoms with E-state index < -0.39 is 21.9 Å². The highest BCUT2D eigenvalue weighted by molar-refractivity contribution is 14.1. The molecule has 0 atom stereocenters. The lowest BCUT2D eigenvalue weighted by Gasteiger charge is -2.24. The summed E-state index contributed by atoms with van der Waals surface area (Å²) >= 11 is 8.55. The first-order valence-corrected chi connectivity index (χ1v) is 16.0. The summed E-state index contributed by atoms with van der Waals surface area (Å²) in [5.74, 6) is -0.922. The summed E-state index contributed by atoms with van der Waals surface area (Å²) in [6.45, 7) is 1.77. The predicted molar refractivity (Wildman–Crippen MR) is 164 cm³/mol. The number of carbonyl (C=O) groups is 1.